The molecule has 8 N–H and O–H groups in total. The van der Waals surface area contributed by atoms with Crippen LogP contribution in [0.2, 0.25) is 0 Å². The first kappa shape index (κ1) is 19.3. The van der Waals surface area contributed by atoms with Gasteiger partial charge in [0.05, 0.1) is 41.2 Å². The molecule has 0 radical (unpaired) electrons. The Bertz CT molecular complexity index is 602. The largest absolute Gasteiger partial charge is 0.367 e. The Morgan fingerprint density at radius 3 is 2.65 bits per heavy atom. The predicted molar refractivity (Wildman–Crippen MR) is 103 cm³/mol. The van der Waals surface area contributed by atoms with Crippen molar-refractivity contribution in [1.82, 2.24) is 20.9 Å². The fraction of sp³-hybridized carbons (Fsp3) is 0.625. The van der Waals surface area contributed by atoms with Crippen LogP contribution in [0.5, 0.6) is 0 Å². The van der Waals surface area contributed by atoms with E-state index < -0.39 is 12.1 Å². The summed E-state index contributed by atoms with van der Waals surface area (Å²) in [4.78, 5) is 19.3. The molecule has 1 unspecified atom stereocenters. The number of halogens is 1. The van der Waals surface area contributed by atoms with E-state index in [-0.39, 0.29) is 17.5 Å². The van der Waals surface area contributed by atoms with E-state index in [1.54, 1.807) is 12.4 Å². The van der Waals surface area contributed by atoms with Crippen molar-refractivity contribution in [2.45, 2.75) is 17.7 Å². The number of nitrogens with two attached hydrogens (primary N) is 2. The Morgan fingerprint density at radius 2 is 2.00 bits per heavy atom. The summed E-state index contributed by atoms with van der Waals surface area (Å²) in [6, 6.07) is 1.91. The molecular weight excluding hydrogens is 356 g/mol. The molecule has 2 fully saturated rings. The molecule has 0 aromatic carbocycles. The first-order valence-electron chi connectivity index (χ1n) is 8.89. The summed E-state index contributed by atoms with van der Waals surface area (Å²) in [5.41, 5.74) is 13.4. The zero-order valence-corrected chi connectivity index (χ0v) is 15.4. The van der Waals surface area contributed by atoms with Crippen LogP contribution in [0.25, 0.3) is 0 Å². The fourth-order valence-corrected chi connectivity index (χ4v) is 3.52. The molecule has 10 heteroatoms. The van der Waals surface area contributed by atoms with E-state index in [4.69, 9.17) is 23.1 Å². The molecule has 144 valence electrons. The minimum Gasteiger partial charge on any atom is -0.367 e. The van der Waals surface area contributed by atoms with Gasteiger partial charge in [-0.2, -0.15) is 0 Å². The Kier molecular flexibility index (Phi) is 6.63. The Hall–Kier alpha value is -1.49. The smallest absolute Gasteiger partial charge is 0.233 e. The molecule has 1 aromatic heterocycles. The third-order valence-electron chi connectivity index (χ3n) is 4.71. The van der Waals surface area contributed by atoms with Gasteiger partial charge in [0.2, 0.25) is 5.91 Å². The van der Waals surface area contributed by atoms with Gasteiger partial charge in [-0.1, -0.05) is 0 Å². The van der Waals surface area contributed by atoms with Crippen molar-refractivity contribution in [2.75, 3.05) is 49.5 Å². The van der Waals surface area contributed by atoms with Gasteiger partial charge in [-0.3, -0.25) is 20.4 Å². The third-order valence-corrected chi connectivity index (χ3v) is 5.02. The maximum absolute atomic E-state index is 12.9. The van der Waals surface area contributed by atoms with Crippen LogP contribution < -0.4 is 37.6 Å². The van der Waals surface area contributed by atoms with Gasteiger partial charge < -0.3 is 27.0 Å². The van der Waals surface area contributed by atoms with Gasteiger partial charge in [-0.15, -0.1) is 11.6 Å². The fourth-order valence-electron chi connectivity index (χ4n) is 3.34. The van der Waals surface area contributed by atoms with Gasteiger partial charge in [0.15, 0.2) is 0 Å². The molecule has 1 amide bonds. The molecule has 1 aromatic rings. The zero-order valence-electron chi connectivity index (χ0n) is 14.6. The maximum atomic E-state index is 12.9. The number of aromatic nitrogens is 1. The second-order valence-corrected chi connectivity index (χ2v) is 7.23. The second-order valence-electron chi connectivity index (χ2n) is 6.61. The number of piperazine rings is 1. The zero-order chi connectivity index (χ0) is 18.5. The molecular formula is C16H27ClN8O. The minimum atomic E-state index is -0.814. The molecule has 0 aliphatic carbocycles. The molecule has 0 spiro atoms. The van der Waals surface area contributed by atoms with Crippen molar-refractivity contribution in [2.24, 2.45) is 17.4 Å². The van der Waals surface area contributed by atoms with Crippen LogP contribution in [0.4, 0.5) is 11.4 Å². The van der Waals surface area contributed by atoms with Crippen molar-refractivity contribution in [3.05, 3.63) is 18.5 Å². The highest BCUT2D eigenvalue weighted by molar-refractivity contribution is 6.21. The molecule has 3 rings (SSSR count). The van der Waals surface area contributed by atoms with Gasteiger partial charge >= 0.3 is 0 Å². The van der Waals surface area contributed by atoms with Crippen molar-refractivity contribution >= 4 is 28.9 Å². The molecule has 2 saturated heterocycles. The van der Waals surface area contributed by atoms with Crippen LogP contribution in [0.1, 0.15) is 0 Å². The number of pyridine rings is 1. The van der Waals surface area contributed by atoms with Gasteiger partial charge in [0, 0.05) is 45.5 Å². The third kappa shape index (κ3) is 4.61. The summed E-state index contributed by atoms with van der Waals surface area (Å²) in [6.07, 6.45) is 2.24. The molecule has 0 saturated carbocycles. The average molecular weight is 383 g/mol. The lowest BCUT2D eigenvalue weighted by Gasteiger charge is -2.35. The van der Waals surface area contributed by atoms with Gasteiger partial charge in [0.25, 0.3) is 0 Å². The van der Waals surface area contributed by atoms with Crippen LogP contribution in [0.3, 0.4) is 0 Å². The number of nitrogens with zero attached hydrogens (tertiary/aromatic N) is 2. The van der Waals surface area contributed by atoms with Crippen molar-refractivity contribution in [3.8, 4) is 0 Å². The van der Waals surface area contributed by atoms with Crippen molar-refractivity contribution < 1.29 is 4.79 Å². The van der Waals surface area contributed by atoms with Gasteiger partial charge in [-0.25, -0.2) is 0 Å². The van der Waals surface area contributed by atoms with Gasteiger partial charge in [0.1, 0.15) is 0 Å². The highest BCUT2D eigenvalue weighted by atomic mass is 35.5. The number of hydrogen-bond donors (Lipinski definition) is 6. The molecule has 2 aliphatic heterocycles. The Labute approximate surface area is 158 Å². The average Bonchev–Trinajstić information content (AvgIpc) is 2.64. The summed E-state index contributed by atoms with van der Waals surface area (Å²) >= 11 is 6.08. The summed E-state index contributed by atoms with van der Waals surface area (Å²) in [7, 11) is 0. The lowest BCUT2D eigenvalue weighted by molar-refractivity contribution is -0.121. The van der Waals surface area contributed by atoms with Crippen molar-refractivity contribution in [1.29, 1.82) is 0 Å². The van der Waals surface area contributed by atoms with Crippen LogP contribution in [0, 0.1) is 5.92 Å². The number of nitrogens with one attached hydrogen (secondary N) is 4. The summed E-state index contributed by atoms with van der Waals surface area (Å²) in [6.45, 7) is 4.73. The lowest BCUT2D eigenvalue weighted by Crippen LogP contribution is -2.64. The monoisotopic (exact) mass is 382 g/mol. The summed E-state index contributed by atoms with van der Waals surface area (Å²) in [5.74, 6) is -0.891. The van der Waals surface area contributed by atoms with Gasteiger partial charge in [-0.05, 0) is 6.07 Å². The first-order valence-corrected chi connectivity index (χ1v) is 9.32. The molecule has 3 heterocycles. The van der Waals surface area contributed by atoms with E-state index in [1.165, 1.54) is 0 Å². The summed E-state index contributed by atoms with van der Waals surface area (Å²) in [5, 5.41) is 12.6. The van der Waals surface area contributed by atoms with E-state index in [9.17, 15) is 4.79 Å². The SMILES string of the molecule is NC(N)C(C(=O)Nc1cnccc1N1CCNCC1)C1NCC(Cl)CN1. The van der Waals surface area contributed by atoms with Crippen LogP contribution >= 0.6 is 11.6 Å². The number of alkyl halides is 1. The highest BCUT2D eigenvalue weighted by Gasteiger charge is 2.34. The molecule has 2 aliphatic rings. The Balaban J connectivity index is 1.73. The highest BCUT2D eigenvalue weighted by Crippen LogP contribution is 2.25. The quantitative estimate of drug-likeness (QED) is 0.265. The van der Waals surface area contributed by atoms with Crippen LogP contribution in [-0.2, 0) is 4.79 Å². The predicted octanol–water partition coefficient (Wildman–Crippen LogP) is -1.58. The maximum Gasteiger partial charge on any atom is 0.233 e. The number of anilines is 2. The first-order chi connectivity index (χ1) is 12.6. The number of carbonyl (C=O) groups excluding carboxylic acids is 1. The van der Waals surface area contributed by atoms with Crippen molar-refractivity contribution in [3.63, 3.8) is 0 Å². The topological polar surface area (TPSA) is 133 Å². The van der Waals surface area contributed by atoms with E-state index >= 15 is 0 Å². The minimum absolute atomic E-state index is 0.0263. The van der Waals surface area contributed by atoms with E-state index in [1.807, 2.05) is 6.07 Å². The number of carbonyl (C=O) groups is 1. The lowest BCUT2D eigenvalue weighted by atomic mass is 9.99. The van der Waals surface area contributed by atoms with E-state index in [0.717, 1.165) is 31.9 Å². The molecule has 0 bridgehead atoms. The van der Waals surface area contributed by atoms with Crippen LogP contribution in [0.15, 0.2) is 18.5 Å². The number of amides is 1. The second kappa shape index (κ2) is 8.94. The summed E-state index contributed by atoms with van der Waals surface area (Å²) < 4.78 is 0. The molecule has 1 atom stereocenters. The Morgan fingerprint density at radius 1 is 1.31 bits per heavy atom. The van der Waals surface area contributed by atoms with Crippen LogP contribution in [-0.4, -0.2) is 67.9 Å². The number of rotatable bonds is 5. The van der Waals surface area contributed by atoms with E-state index in [2.05, 4.69) is 31.2 Å². The molecule has 26 heavy (non-hydrogen) atoms. The molecule has 9 nitrogen and oxygen atoms in total. The standard InChI is InChI=1S/C16H27ClN8O/c17-10-7-22-15(23-8-10)13(14(18)19)16(26)24-11-9-21-2-1-12(11)25-5-3-20-4-6-25/h1-2,9-10,13-15,20,22-23H,3-8,18-19H2,(H,24,26). The number of hydrogen-bond acceptors (Lipinski definition) is 8. The normalized spacial score (nSPS) is 25.2. The van der Waals surface area contributed by atoms with E-state index in [0.29, 0.717) is 18.8 Å².